The Bertz CT molecular complexity index is 1410. The first kappa shape index (κ1) is 23.9. The molecule has 37 heavy (non-hydrogen) atoms. The molecule has 2 aromatic heterocycles. The maximum Gasteiger partial charge on any atom is 0.193 e. The van der Waals surface area contributed by atoms with Crippen molar-refractivity contribution in [3.05, 3.63) is 66.5 Å². The summed E-state index contributed by atoms with van der Waals surface area (Å²) in [7, 11) is 0. The lowest BCUT2D eigenvalue weighted by Crippen LogP contribution is -2.45. The van der Waals surface area contributed by atoms with Crippen LogP contribution in [0.15, 0.2) is 60.7 Å². The highest BCUT2D eigenvalue weighted by Crippen LogP contribution is 2.39. The number of aromatic amines is 1. The van der Waals surface area contributed by atoms with E-state index in [1.165, 1.54) is 6.07 Å². The lowest BCUT2D eigenvalue weighted by molar-refractivity contribution is -0.0621. The minimum absolute atomic E-state index is 0.0356. The average Bonchev–Trinajstić information content (AvgIpc) is 3.55. The first-order valence-electron chi connectivity index (χ1n) is 12.2. The number of benzene rings is 2. The van der Waals surface area contributed by atoms with Crippen molar-refractivity contribution in [3.63, 3.8) is 0 Å². The smallest absolute Gasteiger partial charge is 0.193 e. The van der Waals surface area contributed by atoms with Gasteiger partial charge in [-0.05, 0) is 30.2 Å². The molecule has 0 aliphatic carbocycles. The van der Waals surface area contributed by atoms with Gasteiger partial charge in [-0.2, -0.15) is 0 Å². The van der Waals surface area contributed by atoms with Crippen molar-refractivity contribution in [1.29, 1.82) is 0 Å². The summed E-state index contributed by atoms with van der Waals surface area (Å²) >= 11 is 0. The molecule has 8 nitrogen and oxygen atoms in total. The standard InChI is InChI=1S/C28H27FN2O6/c1-28-24(33)15-35-27(28)23(14-36-28)37-25-13-22-21(30-25)12-20(29)26(31-22)18-4-2-16(3-5-18)17-6-8-19(9-7-17)34-11-10-32/h2-9,12-13,23-24,27,30,32-33H,10-11,14-15H2,1H3/t23-,24-,27-,28-/m1/s1. The highest BCUT2D eigenvalue weighted by molar-refractivity contribution is 5.81. The molecule has 0 amide bonds. The number of ether oxygens (including phenoxy) is 4. The second-order valence-electron chi connectivity index (χ2n) is 9.48. The fourth-order valence-electron chi connectivity index (χ4n) is 4.98. The van der Waals surface area contributed by atoms with Gasteiger partial charge in [0.1, 0.15) is 35.9 Å². The predicted molar refractivity (Wildman–Crippen MR) is 134 cm³/mol. The number of H-pyrrole nitrogens is 1. The van der Waals surface area contributed by atoms with Crippen LogP contribution in [0.1, 0.15) is 6.92 Å². The van der Waals surface area contributed by atoms with E-state index in [1.54, 1.807) is 6.07 Å². The number of aliphatic hydroxyl groups is 2. The van der Waals surface area contributed by atoms with Gasteiger partial charge in [0.2, 0.25) is 0 Å². The number of hydrogen-bond acceptors (Lipinski definition) is 7. The van der Waals surface area contributed by atoms with Crippen LogP contribution in [0.4, 0.5) is 4.39 Å². The maximum atomic E-state index is 15.0. The zero-order chi connectivity index (χ0) is 25.6. The van der Waals surface area contributed by atoms with E-state index in [0.29, 0.717) is 28.2 Å². The van der Waals surface area contributed by atoms with Crippen molar-refractivity contribution in [2.24, 2.45) is 0 Å². The number of halogens is 1. The predicted octanol–water partition coefficient (Wildman–Crippen LogP) is 3.70. The van der Waals surface area contributed by atoms with Crippen molar-refractivity contribution >= 4 is 11.0 Å². The molecule has 3 N–H and O–H groups in total. The van der Waals surface area contributed by atoms with Gasteiger partial charge in [0, 0.05) is 17.7 Å². The van der Waals surface area contributed by atoms with E-state index >= 15 is 4.39 Å². The molecule has 192 valence electrons. The third kappa shape index (κ3) is 4.34. The zero-order valence-corrected chi connectivity index (χ0v) is 20.2. The van der Waals surface area contributed by atoms with E-state index in [2.05, 4.69) is 9.97 Å². The molecule has 0 unspecified atom stereocenters. The molecule has 2 saturated heterocycles. The maximum absolute atomic E-state index is 15.0. The number of nitrogens with zero attached hydrogens (tertiary/aromatic N) is 1. The lowest BCUT2D eigenvalue weighted by atomic mass is 9.95. The molecule has 0 bridgehead atoms. The summed E-state index contributed by atoms with van der Waals surface area (Å²) in [6.07, 6.45) is -1.50. The molecule has 6 rings (SSSR count). The second kappa shape index (κ2) is 9.42. The Morgan fingerprint density at radius 3 is 2.49 bits per heavy atom. The Morgan fingerprint density at radius 1 is 1.05 bits per heavy atom. The number of hydrogen-bond donors (Lipinski definition) is 3. The van der Waals surface area contributed by atoms with E-state index in [1.807, 2.05) is 55.5 Å². The number of nitrogens with one attached hydrogen (secondary N) is 1. The minimum Gasteiger partial charge on any atom is -0.491 e. The second-order valence-corrected chi connectivity index (χ2v) is 9.48. The summed E-state index contributed by atoms with van der Waals surface area (Å²) in [5.74, 6) is 0.674. The normalized spacial score (nSPS) is 24.9. The van der Waals surface area contributed by atoms with Crippen molar-refractivity contribution in [3.8, 4) is 34.0 Å². The van der Waals surface area contributed by atoms with Gasteiger partial charge in [-0.3, -0.25) is 0 Å². The van der Waals surface area contributed by atoms with Crippen LogP contribution in [0.3, 0.4) is 0 Å². The van der Waals surface area contributed by atoms with E-state index in [0.717, 1.165) is 11.1 Å². The van der Waals surface area contributed by atoms with Crippen LogP contribution in [0, 0.1) is 5.82 Å². The third-order valence-electron chi connectivity index (χ3n) is 7.07. The number of aromatic nitrogens is 2. The highest BCUT2D eigenvalue weighted by Gasteiger charge is 2.57. The summed E-state index contributed by atoms with van der Waals surface area (Å²) in [6, 6.07) is 18.2. The SMILES string of the molecule is C[C@]12OC[C@@H](Oc3cc4nc(-c5ccc(-c6ccc(OCCO)cc6)cc5)c(F)cc4[nH]3)[C@H]1OC[C@H]2O. The van der Waals surface area contributed by atoms with Gasteiger partial charge in [0.05, 0.1) is 30.9 Å². The Balaban J connectivity index is 1.20. The molecule has 4 atom stereocenters. The summed E-state index contributed by atoms with van der Waals surface area (Å²) in [5, 5.41) is 19.1. The quantitative estimate of drug-likeness (QED) is 0.351. The molecule has 0 spiro atoms. The number of rotatable bonds is 7. The van der Waals surface area contributed by atoms with Gasteiger partial charge >= 0.3 is 0 Å². The van der Waals surface area contributed by atoms with E-state index in [9.17, 15) is 5.11 Å². The fraction of sp³-hybridized carbons (Fsp3) is 0.321. The van der Waals surface area contributed by atoms with Crippen LogP contribution in [0.2, 0.25) is 0 Å². The molecular weight excluding hydrogens is 479 g/mol. The van der Waals surface area contributed by atoms with E-state index < -0.39 is 29.7 Å². The molecule has 2 aromatic carbocycles. The number of aliphatic hydroxyl groups excluding tert-OH is 2. The molecular formula is C28H27FN2O6. The monoisotopic (exact) mass is 506 g/mol. The molecule has 4 heterocycles. The van der Waals surface area contributed by atoms with Crippen LogP contribution in [0.5, 0.6) is 11.6 Å². The Hall–Kier alpha value is -3.50. The van der Waals surface area contributed by atoms with Crippen LogP contribution < -0.4 is 9.47 Å². The van der Waals surface area contributed by atoms with Crippen LogP contribution >= 0.6 is 0 Å². The first-order valence-corrected chi connectivity index (χ1v) is 12.2. The fourth-order valence-corrected chi connectivity index (χ4v) is 4.98. The summed E-state index contributed by atoms with van der Waals surface area (Å²) in [5.41, 5.74) is 3.16. The van der Waals surface area contributed by atoms with Gasteiger partial charge in [-0.1, -0.05) is 36.4 Å². The van der Waals surface area contributed by atoms with Crippen molar-refractivity contribution in [2.75, 3.05) is 26.4 Å². The minimum atomic E-state index is -0.796. The van der Waals surface area contributed by atoms with Gasteiger partial charge < -0.3 is 34.1 Å². The Kier molecular flexibility index (Phi) is 6.08. The van der Waals surface area contributed by atoms with E-state index in [-0.39, 0.29) is 32.1 Å². The van der Waals surface area contributed by atoms with Crippen molar-refractivity contribution in [1.82, 2.24) is 9.97 Å². The molecule has 9 heteroatoms. The van der Waals surface area contributed by atoms with Crippen LogP contribution in [-0.2, 0) is 9.47 Å². The molecule has 4 aromatic rings. The zero-order valence-electron chi connectivity index (χ0n) is 20.2. The summed E-state index contributed by atoms with van der Waals surface area (Å²) < 4.78 is 38.0. The van der Waals surface area contributed by atoms with Gasteiger partial charge in [0.25, 0.3) is 0 Å². The molecule has 2 aliphatic rings. The van der Waals surface area contributed by atoms with E-state index in [4.69, 9.17) is 24.1 Å². The van der Waals surface area contributed by atoms with Crippen molar-refractivity contribution < 1.29 is 33.6 Å². The topological polar surface area (TPSA) is 106 Å². The number of fused-ring (bicyclic) bond motifs is 2. The van der Waals surface area contributed by atoms with Gasteiger partial charge in [-0.25, -0.2) is 9.37 Å². The molecule has 0 radical (unpaired) electrons. The summed E-state index contributed by atoms with van der Waals surface area (Å²) in [6.45, 7) is 2.52. The summed E-state index contributed by atoms with van der Waals surface area (Å²) in [4.78, 5) is 7.62. The third-order valence-corrected chi connectivity index (χ3v) is 7.07. The van der Waals surface area contributed by atoms with Gasteiger partial charge in [-0.15, -0.1) is 0 Å². The van der Waals surface area contributed by atoms with Crippen LogP contribution in [-0.4, -0.2) is 70.5 Å². The van der Waals surface area contributed by atoms with Crippen LogP contribution in [0.25, 0.3) is 33.4 Å². The Morgan fingerprint density at radius 2 is 1.76 bits per heavy atom. The highest BCUT2D eigenvalue weighted by atomic mass is 19.1. The molecule has 2 aliphatic heterocycles. The first-order chi connectivity index (χ1) is 17.9. The van der Waals surface area contributed by atoms with Gasteiger partial charge in [0.15, 0.2) is 17.8 Å². The Labute approximate surface area is 212 Å². The largest absolute Gasteiger partial charge is 0.491 e. The number of pyridine rings is 1. The average molecular weight is 507 g/mol. The van der Waals surface area contributed by atoms with Crippen molar-refractivity contribution in [2.45, 2.75) is 30.8 Å². The molecule has 2 fully saturated rings. The lowest BCUT2D eigenvalue weighted by Gasteiger charge is -2.25. The molecule has 0 saturated carbocycles.